The van der Waals surface area contributed by atoms with Gasteiger partial charge in [-0.25, -0.2) is 0 Å². The Labute approximate surface area is 261 Å². The first kappa shape index (κ1) is 33.3. The van der Waals surface area contributed by atoms with Crippen molar-refractivity contribution in [3.05, 3.63) is 69.4 Å². The lowest BCUT2D eigenvalue weighted by Gasteiger charge is -2.23. The minimum absolute atomic E-state index is 0.0610. The number of ketones is 1. The summed E-state index contributed by atoms with van der Waals surface area (Å²) in [6.45, 7) is 6.63. The highest BCUT2D eigenvalue weighted by Crippen LogP contribution is 2.21. The van der Waals surface area contributed by atoms with Crippen LogP contribution in [0.1, 0.15) is 51.2 Å². The molecule has 4 N–H and O–H groups in total. The number of aromatic nitrogens is 1. The Bertz CT molecular complexity index is 1340. The summed E-state index contributed by atoms with van der Waals surface area (Å²) in [6.07, 6.45) is 3.05. The lowest BCUT2D eigenvalue weighted by atomic mass is 9.91. The number of carbonyl (C=O) groups excluding carboxylic acids is 4. The average molecular weight is 689 g/mol. The summed E-state index contributed by atoms with van der Waals surface area (Å²) in [5.41, 5.74) is 2.88. The Morgan fingerprint density at radius 3 is 2.40 bits per heavy atom. The van der Waals surface area contributed by atoms with Crippen LogP contribution in [-0.2, 0) is 36.9 Å². The van der Waals surface area contributed by atoms with Crippen molar-refractivity contribution in [1.29, 1.82) is 0 Å². The number of carbonyl (C=O) groups is 4. The van der Waals surface area contributed by atoms with Gasteiger partial charge in [0, 0.05) is 58.9 Å². The number of H-pyrrole nitrogens is 1. The van der Waals surface area contributed by atoms with E-state index in [4.69, 9.17) is 4.74 Å². The highest BCUT2D eigenvalue weighted by Gasteiger charge is 2.28. The molecule has 0 fully saturated rings. The van der Waals surface area contributed by atoms with Crippen LogP contribution >= 0.6 is 22.6 Å². The maximum atomic E-state index is 13.3. The molecule has 0 saturated heterocycles. The van der Waals surface area contributed by atoms with E-state index in [-0.39, 0.29) is 68.4 Å². The topological polar surface area (TPSA) is 129 Å². The van der Waals surface area contributed by atoms with Crippen molar-refractivity contribution in [2.24, 2.45) is 11.8 Å². The first-order valence-electron chi connectivity index (χ1n) is 14.3. The van der Waals surface area contributed by atoms with Crippen molar-refractivity contribution in [2.45, 2.75) is 59.0 Å². The summed E-state index contributed by atoms with van der Waals surface area (Å²) in [7, 11) is 0. The van der Waals surface area contributed by atoms with Gasteiger partial charge in [-0.2, -0.15) is 0 Å². The van der Waals surface area contributed by atoms with Gasteiger partial charge in [0.05, 0.1) is 13.2 Å². The van der Waals surface area contributed by atoms with Crippen molar-refractivity contribution in [3.8, 4) is 0 Å². The molecule has 1 heterocycles. The zero-order valence-electron chi connectivity index (χ0n) is 24.5. The van der Waals surface area contributed by atoms with E-state index >= 15 is 0 Å². The molecular weight excluding hydrogens is 647 g/mol. The second-order valence-electron chi connectivity index (χ2n) is 10.9. The van der Waals surface area contributed by atoms with E-state index in [1.54, 1.807) is 0 Å². The lowest BCUT2D eigenvalue weighted by Crippen LogP contribution is -2.50. The number of amides is 3. The number of hydrogen-bond donors (Lipinski definition) is 4. The first-order valence-corrected chi connectivity index (χ1v) is 15.4. The second-order valence-corrected chi connectivity index (χ2v) is 12.2. The summed E-state index contributed by atoms with van der Waals surface area (Å²) < 4.78 is 6.70. The van der Waals surface area contributed by atoms with Crippen molar-refractivity contribution < 1.29 is 23.9 Å². The molecule has 0 spiro atoms. The van der Waals surface area contributed by atoms with Crippen LogP contribution in [-0.4, -0.2) is 54.3 Å². The molecule has 3 aromatic rings. The van der Waals surface area contributed by atoms with Crippen molar-refractivity contribution in [1.82, 2.24) is 20.9 Å². The van der Waals surface area contributed by atoms with Gasteiger partial charge in [-0.3, -0.25) is 14.4 Å². The third kappa shape index (κ3) is 11.2. The summed E-state index contributed by atoms with van der Waals surface area (Å²) in [6, 6.07) is 14.9. The quantitative estimate of drug-likeness (QED) is 0.124. The van der Waals surface area contributed by atoms with Crippen LogP contribution in [0.4, 0.5) is 0 Å². The molecule has 226 valence electrons. The molecule has 0 bridgehead atoms. The number of aromatic amines is 1. The molecule has 3 amide bonds. The van der Waals surface area contributed by atoms with Gasteiger partial charge in [0.25, 0.3) is 0 Å². The smallest absolute Gasteiger partial charge is 0.243 e. The molecular formula is C32H41IN4O5. The van der Waals surface area contributed by atoms with Gasteiger partial charge in [0.15, 0.2) is 0 Å². The van der Waals surface area contributed by atoms with Crippen LogP contribution in [0.5, 0.6) is 0 Å². The molecule has 10 heteroatoms. The third-order valence-electron chi connectivity index (χ3n) is 6.81. The minimum atomic E-state index is -0.828. The Morgan fingerprint density at radius 1 is 0.952 bits per heavy atom. The van der Waals surface area contributed by atoms with E-state index in [1.807, 2.05) is 68.6 Å². The Balaban J connectivity index is 1.51. The molecule has 3 rings (SSSR count). The number of fused-ring (bicyclic) bond motifs is 1. The predicted molar refractivity (Wildman–Crippen MR) is 172 cm³/mol. The van der Waals surface area contributed by atoms with Gasteiger partial charge in [-0.1, -0.05) is 44.2 Å². The van der Waals surface area contributed by atoms with Gasteiger partial charge in [-0.05, 0) is 71.2 Å². The summed E-state index contributed by atoms with van der Waals surface area (Å²) >= 11 is 2.24. The number of hydrogen-bond acceptors (Lipinski definition) is 5. The molecule has 0 aliphatic heterocycles. The first-order chi connectivity index (χ1) is 20.1. The molecule has 2 atom stereocenters. The van der Waals surface area contributed by atoms with Crippen LogP contribution in [0.3, 0.4) is 0 Å². The molecule has 0 aliphatic carbocycles. The molecule has 2 aromatic carbocycles. The molecule has 9 nitrogen and oxygen atoms in total. The largest absolute Gasteiger partial charge is 0.379 e. The number of Topliss-reactive ketones (excluding diaryl/α,β-unsaturated/α-hetero) is 1. The summed E-state index contributed by atoms with van der Waals surface area (Å²) in [5, 5.41) is 9.62. The molecule has 0 saturated carbocycles. The normalized spacial score (nSPS) is 12.6. The van der Waals surface area contributed by atoms with Crippen LogP contribution in [0.25, 0.3) is 10.9 Å². The number of halogens is 1. The maximum absolute atomic E-state index is 13.3. The maximum Gasteiger partial charge on any atom is 0.243 e. The number of benzene rings is 2. The SMILES string of the molecule is CC(=O)C[C@@H](CC(C)C)C(=O)N[C@@H](Cc1c[nH]c2ccccc12)C(=O)NCCOCCC(=O)NCc1ccc(I)cc1. The van der Waals surface area contributed by atoms with E-state index in [2.05, 4.69) is 43.5 Å². The highest BCUT2D eigenvalue weighted by molar-refractivity contribution is 14.1. The predicted octanol–water partition coefficient (Wildman–Crippen LogP) is 4.28. The van der Waals surface area contributed by atoms with Crippen molar-refractivity contribution >= 4 is 57.0 Å². The van der Waals surface area contributed by atoms with Gasteiger partial charge in [0.2, 0.25) is 17.7 Å². The van der Waals surface area contributed by atoms with Crippen molar-refractivity contribution in [3.63, 3.8) is 0 Å². The van der Waals surface area contributed by atoms with Gasteiger partial charge in [0.1, 0.15) is 11.8 Å². The monoisotopic (exact) mass is 688 g/mol. The van der Waals surface area contributed by atoms with E-state index < -0.39 is 12.0 Å². The summed E-state index contributed by atoms with van der Waals surface area (Å²) in [5.74, 6) is -1.08. The van der Waals surface area contributed by atoms with Gasteiger partial charge in [-0.15, -0.1) is 0 Å². The fourth-order valence-corrected chi connectivity index (χ4v) is 5.11. The zero-order chi connectivity index (χ0) is 30.5. The molecule has 0 aliphatic rings. The molecule has 1 aromatic heterocycles. The zero-order valence-corrected chi connectivity index (χ0v) is 26.7. The Kier molecular flexibility index (Phi) is 13.5. The van der Waals surface area contributed by atoms with E-state index in [1.165, 1.54) is 6.92 Å². The van der Waals surface area contributed by atoms with E-state index in [0.29, 0.717) is 13.0 Å². The minimum Gasteiger partial charge on any atom is -0.379 e. The van der Waals surface area contributed by atoms with Crippen LogP contribution < -0.4 is 16.0 Å². The molecule has 0 unspecified atom stereocenters. The van der Waals surface area contributed by atoms with Gasteiger partial charge < -0.3 is 30.5 Å². The standard InChI is InChI=1S/C32H41IN4O5/c1-21(2)16-24(17-22(3)38)31(40)37-29(18-25-20-35-28-7-5-4-6-27(25)28)32(41)34-13-15-42-14-12-30(39)36-19-23-8-10-26(33)11-9-23/h4-11,20-21,24,29,35H,12-19H2,1-3H3,(H,34,41)(H,36,39)(H,37,40)/t24-,29+/m1/s1. The van der Waals surface area contributed by atoms with Crippen LogP contribution in [0.2, 0.25) is 0 Å². The third-order valence-corrected chi connectivity index (χ3v) is 7.53. The number of nitrogens with one attached hydrogen (secondary N) is 4. The Hall–Kier alpha value is -3.25. The van der Waals surface area contributed by atoms with Gasteiger partial charge >= 0.3 is 0 Å². The number of rotatable bonds is 17. The van der Waals surface area contributed by atoms with Crippen LogP contribution in [0, 0.1) is 15.4 Å². The fraction of sp³-hybridized carbons (Fsp3) is 0.438. The van der Waals surface area contributed by atoms with E-state index in [0.717, 1.165) is 25.6 Å². The van der Waals surface area contributed by atoms with E-state index in [9.17, 15) is 19.2 Å². The fourth-order valence-electron chi connectivity index (χ4n) is 4.75. The van der Waals surface area contributed by atoms with Crippen molar-refractivity contribution in [2.75, 3.05) is 19.8 Å². The molecule has 42 heavy (non-hydrogen) atoms. The van der Waals surface area contributed by atoms with Crippen LogP contribution in [0.15, 0.2) is 54.7 Å². The molecule has 0 radical (unpaired) electrons. The number of para-hydroxylation sites is 1. The second kappa shape index (κ2) is 17.0. The average Bonchev–Trinajstić information content (AvgIpc) is 3.36. The lowest BCUT2D eigenvalue weighted by molar-refractivity contribution is -0.133. The summed E-state index contributed by atoms with van der Waals surface area (Å²) in [4.78, 5) is 53.7. The highest BCUT2D eigenvalue weighted by atomic mass is 127. The Morgan fingerprint density at radius 2 is 1.69 bits per heavy atom. The number of ether oxygens (including phenoxy) is 1.